The quantitative estimate of drug-likeness (QED) is 0.877. The van der Waals surface area contributed by atoms with Crippen LogP contribution >= 0.6 is 27.5 Å². The summed E-state index contributed by atoms with van der Waals surface area (Å²) in [6, 6.07) is 5.13. The summed E-state index contributed by atoms with van der Waals surface area (Å²) in [5.74, 6) is -0.815. The molecular formula is C14H16BrClN2O3. The largest absolute Gasteiger partial charge is 0.481 e. The van der Waals surface area contributed by atoms with Gasteiger partial charge in [0.25, 0.3) is 5.91 Å². The molecule has 114 valence electrons. The Morgan fingerprint density at radius 3 is 2.48 bits per heavy atom. The Labute approximate surface area is 136 Å². The summed E-state index contributed by atoms with van der Waals surface area (Å²) < 4.78 is 0.704. The zero-order valence-corrected chi connectivity index (χ0v) is 13.7. The van der Waals surface area contributed by atoms with Crippen LogP contribution in [0.25, 0.3) is 0 Å². The number of carbonyl (C=O) groups is 2. The lowest BCUT2D eigenvalue weighted by Crippen LogP contribution is -2.49. The number of amides is 1. The van der Waals surface area contributed by atoms with Crippen molar-refractivity contribution in [1.82, 2.24) is 9.80 Å². The summed E-state index contributed by atoms with van der Waals surface area (Å²) in [5, 5.41) is 9.25. The fraction of sp³-hybridized carbons (Fsp3) is 0.429. The van der Waals surface area contributed by atoms with Crippen LogP contribution in [0.4, 0.5) is 0 Å². The van der Waals surface area contributed by atoms with Gasteiger partial charge in [-0.15, -0.1) is 0 Å². The molecule has 1 aromatic carbocycles. The van der Waals surface area contributed by atoms with Crippen molar-refractivity contribution >= 4 is 39.4 Å². The maximum absolute atomic E-state index is 12.4. The zero-order chi connectivity index (χ0) is 15.4. The highest BCUT2D eigenvalue weighted by Crippen LogP contribution is 2.24. The van der Waals surface area contributed by atoms with Crippen LogP contribution in [0.5, 0.6) is 0 Å². The number of benzene rings is 1. The first-order chi connectivity index (χ1) is 9.97. The second-order valence-corrected chi connectivity index (χ2v) is 6.17. The molecule has 0 saturated carbocycles. The average molecular weight is 376 g/mol. The van der Waals surface area contributed by atoms with Gasteiger partial charge in [0.1, 0.15) is 0 Å². The third-order valence-corrected chi connectivity index (χ3v) is 4.68. The molecule has 0 radical (unpaired) electrons. The van der Waals surface area contributed by atoms with Gasteiger partial charge in [0, 0.05) is 42.8 Å². The van der Waals surface area contributed by atoms with Gasteiger partial charge in [-0.05, 0) is 34.1 Å². The highest BCUT2D eigenvalue weighted by atomic mass is 79.9. The van der Waals surface area contributed by atoms with Crippen LogP contribution in [0.3, 0.4) is 0 Å². The van der Waals surface area contributed by atoms with Crippen molar-refractivity contribution in [3.05, 3.63) is 33.3 Å². The topological polar surface area (TPSA) is 60.9 Å². The molecule has 2 rings (SSSR count). The number of carboxylic acids is 1. The summed E-state index contributed by atoms with van der Waals surface area (Å²) in [4.78, 5) is 26.8. The molecule has 1 aliphatic rings. The molecule has 0 bridgehead atoms. The Kier molecular flexibility index (Phi) is 5.61. The summed E-state index contributed by atoms with van der Waals surface area (Å²) in [6.07, 6.45) is 0.137. The Balaban J connectivity index is 1.90. The van der Waals surface area contributed by atoms with Crippen LogP contribution in [-0.2, 0) is 4.79 Å². The SMILES string of the molecule is O=C(O)CCN1CCN(C(=O)c2ccc(Cl)c(Br)c2)CC1. The molecule has 1 fully saturated rings. The molecule has 1 aliphatic heterocycles. The van der Waals surface area contributed by atoms with Crippen LogP contribution < -0.4 is 0 Å². The van der Waals surface area contributed by atoms with Crippen LogP contribution in [0.2, 0.25) is 5.02 Å². The van der Waals surface area contributed by atoms with Gasteiger partial charge in [-0.2, -0.15) is 0 Å². The smallest absolute Gasteiger partial charge is 0.304 e. The van der Waals surface area contributed by atoms with E-state index >= 15 is 0 Å². The number of halogens is 2. The first kappa shape index (κ1) is 16.3. The van der Waals surface area contributed by atoms with Crippen molar-refractivity contribution in [2.24, 2.45) is 0 Å². The van der Waals surface area contributed by atoms with E-state index in [1.54, 1.807) is 23.1 Å². The Morgan fingerprint density at radius 2 is 1.90 bits per heavy atom. The van der Waals surface area contributed by atoms with E-state index in [1.807, 2.05) is 0 Å². The van der Waals surface area contributed by atoms with E-state index in [4.69, 9.17) is 16.7 Å². The summed E-state index contributed by atoms with van der Waals surface area (Å²) in [6.45, 7) is 3.16. The number of carboxylic acid groups (broad SMARTS) is 1. The van der Waals surface area contributed by atoms with Crippen LogP contribution in [0, 0.1) is 0 Å². The fourth-order valence-electron chi connectivity index (χ4n) is 2.24. The summed E-state index contributed by atoms with van der Waals surface area (Å²) in [5.41, 5.74) is 0.602. The number of aliphatic carboxylic acids is 1. The molecule has 0 spiro atoms. The predicted octanol–water partition coefficient (Wildman–Crippen LogP) is 2.33. The molecule has 0 unspecified atom stereocenters. The minimum atomic E-state index is -0.792. The fourth-order valence-corrected chi connectivity index (χ4v) is 2.74. The minimum absolute atomic E-state index is 0.0229. The van der Waals surface area contributed by atoms with Crippen LogP contribution in [-0.4, -0.2) is 59.5 Å². The number of hydrogen-bond acceptors (Lipinski definition) is 3. The van der Waals surface area contributed by atoms with Crippen molar-refractivity contribution in [1.29, 1.82) is 0 Å². The molecule has 7 heteroatoms. The molecule has 0 atom stereocenters. The second-order valence-electron chi connectivity index (χ2n) is 4.91. The van der Waals surface area contributed by atoms with E-state index in [0.717, 1.165) is 0 Å². The van der Waals surface area contributed by atoms with Crippen molar-refractivity contribution in [2.75, 3.05) is 32.7 Å². The van der Waals surface area contributed by atoms with Gasteiger partial charge >= 0.3 is 5.97 Å². The predicted molar refractivity (Wildman–Crippen MR) is 83.7 cm³/mol. The number of hydrogen-bond donors (Lipinski definition) is 1. The molecule has 1 heterocycles. The van der Waals surface area contributed by atoms with E-state index < -0.39 is 5.97 Å². The molecule has 1 saturated heterocycles. The highest BCUT2D eigenvalue weighted by molar-refractivity contribution is 9.10. The maximum atomic E-state index is 12.4. The van der Waals surface area contributed by atoms with Crippen LogP contribution in [0.15, 0.2) is 22.7 Å². The zero-order valence-electron chi connectivity index (χ0n) is 11.4. The number of carbonyl (C=O) groups excluding carboxylic acids is 1. The van der Waals surface area contributed by atoms with E-state index in [1.165, 1.54) is 0 Å². The second kappa shape index (κ2) is 7.24. The van der Waals surface area contributed by atoms with Crippen molar-refractivity contribution in [2.45, 2.75) is 6.42 Å². The molecule has 1 N–H and O–H groups in total. The van der Waals surface area contributed by atoms with Crippen molar-refractivity contribution in [3.8, 4) is 0 Å². The van der Waals surface area contributed by atoms with Gasteiger partial charge < -0.3 is 10.0 Å². The standard InChI is InChI=1S/C14H16BrClN2O3/c15-11-9-10(1-2-12(11)16)14(21)18-7-5-17(6-8-18)4-3-13(19)20/h1-2,9H,3-8H2,(H,19,20). The lowest BCUT2D eigenvalue weighted by atomic mass is 10.2. The average Bonchev–Trinajstić information content (AvgIpc) is 2.48. The lowest BCUT2D eigenvalue weighted by Gasteiger charge is -2.34. The van der Waals surface area contributed by atoms with Gasteiger partial charge in [-0.25, -0.2) is 0 Å². The van der Waals surface area contributed by atoms with Crippen molar-refractivity contribution < 1.29 is 14.7 Å². The van der Waals surface area contributed by atoms with Gasteiger partial charge in [0.2, 0.25) is 0 Å². The molecule has 0 aromatic heterocycles. The first-order valence-electron chi connectivity index (χ1n) is 6.66. The third-order valence-electron chi connectivity index (χ3n) is 3.47. The Hall–Kier alpha value is -1.11. The van der Waals surface area contributed by atoms with Gasteiger partial charge in [0.05, 0.1) is 11.4 Å². The van der Waals surface area contributed by atoms with Gasteiger partial charge in [0.15, 0.2) is 0 Å². The summed E-state index contributed by atoms with van der Waals surface area (Å²) >= 11 is 9.24. The van der Waals surface area contributed by atoms with Crippen molar-refractivity contribution in [3.63, 3.8) is 0 Å². The van der Waals surface area contributed by atoms with Gasteiger partial charge in [-0.1, -0.05) is 11.6 Å². The first-order valence-corrected chi connectivity index (χ1v) is 7.83. The molecule has 1 aromatic rings. The maximum Gasteiger partial charge on any atom is 0.304 e. The molecule has 21 heavy (non-hydrogen) atoms. The van der Waals surface area contributed by atoms with E-state index in [2.05, 4.69) is 20.8 Å². The number of nitrogens with zero attached hydrogens (tertiary/aromatic N) is 2. The Morgan fingerprint density at radius 1 is 1.24 bits per heavy atom. The van der Waals surface area contributed by atoms with Crippen LogP contribution in [0.1, 0.15) is 16.8 Å². The number of rotatable bonds is 4. The summed E-state index contributed by atoms with van der Waals surface area (Å²) in [7, 11) is 0. The molecule has 1 amide bonds. The third kappa shape index (κ3) is 4.43. The molecule has 0 aliphatic carbocycles. The van der Waals surface area contributed by atoms with Gasteiger partial charge in [-0.3, -0.25) is 14.5 Å². The number of piperazine rings is 1. The Bertz CT molecular complexity index is 545. The molecular weight excluding hydrogens is 360 g/mol. The lowest BCUT2D eigenvalue weighted by molar-refractivity contribution is -0.137. The van der Waals surface area contributed by atoms with E-state index in [-0.39, 0.29) is 12.3 Å². The minimum Gasteiger partial charge on any atom is -0.481 e. The van der Waals surface area contributed by atoms with E-state index in [0.29, 0.717) is 47.8 Å². The monoisotopic (exact) mass is 374 g/mol. The molecule has 5 nitrogen and oxygen atoms in total. The normalized spacial score (nSPS) is 16.0. The highest BCUT2D eigenvalue weighted by Gasteiger charge is 2.22. The van der Waals surface area contributed by atoms with E-state index in [9.17, 15) is 9.59 Å².